The molecule has 0 unspecified atom stereocenters. The van der Waals surface area contributed by atoms with Gasteiger partial charge in [-0.15, -0.1) is 0 Å². The number of carbonyl (C=O) groups excluding carboxylic acids is 1. The predicted molar refractivity (Wildman–Crippen MR) is 76.5 cm³/mol. The van der Waals surface area contributed by atoms with E-state index in [0.717, 1.165) is 25.7 Å². The van der Waals surface area contributed by atoms with E-state index < -0.39 is 5.41 Å². The molecule has 2 aromatic rings. The summed E-state index contributed by atoms with van der Waals surface area (Å²) in [6.07, 6.45) is 11.5. The van der Waals surface area contributed by atoms with Crippen LogP contribution in [0.3, 0.4) is 0 Å². The van der Waals surface area contributed by atoms with Crippen LogP contribution in [0.4, 0.5) is 0 Å². The molecule has 0 aliphatic heterocycles. The SMILES string of the molecule is N#CC1(CNC(=O)c2cnn3ccncc23)CCCCC1. The lowest BCUT2D eigenvalue weighted by atomic mass is 9.75. The zero-order valence-electron chi connectivity index (χ0n) is 11.7. The first kappa shape index (κ1) is 13.6. The fourth-order valence-electron chi connectivity index (χ4n) is 2.91. The van der Waals surface area contributed by atoms with Crippen molar-refractivity contribution in [2.75, 3.05) is 6.54 Å². The molecule has 2 heterocycles. The van der Waals surface area contributed by atoms with Crippen molar-refractivity contribution in [2.45, 2.75) is 32.1 Å². The highest BCUT2D eigenvalue weighted by Gasteiger charge is 2.32. The molecule has 0 aromatic carbocycles. The Kier molecular flexibility index (Phi) is 3.57. The van der Waals surface area contributed by atoms with Crippen molar-refractivity contribution in [2.24, 2.45) is 5.41 Å². The van der Waals surface area contributed by atoms with Gasteiger partial charge in [-0.25, -0.2) is 4.52 Å². The van der Waals surface area contributed by atoms with Gasteiger partial charge in [0.25, 0.3) is 5.91 Å². The van der Waals surface area contributed by atoms with Crippen LogP contribution in [0.1, 0.15) is 42.5 Å². The van der Waals surface area contributed by atoms with Crippen LogP contribution in [0, 0.1) is 16.7 Å². The summed E-state index contributed by atoms with van der Waals surface area (Å²) in [5.74, 6) is -0.196. The molecule has 1 aliphatic rings. The molecule has 0 atom stereocenters. The third-order valence-electron chi connectivity index (χ3n) is 4.20. The van der Waals surface area contributed by atoms with Gasteiger partial charge in [0.05, 0.1) is 35.0 Å². The molecule has 1 fully saturated rings. The van der Waals surface area contributed by atoms with Crippen LogP contribution in [0.5, 0.6) is 0 Å². The highest BCUT2D eigenvalue weighted by atomic mass is 16.1. The number of hydrogen-bond acceptors (Lipinski definition) is 4. The quantitative estimate of drug-likeness (QED) is 0.933. The molecule has 21 heavy (non-hydrogen) atoms. The molecule has 0 radical (unpaired) electrons. The van der Waals surface area contributed by atoms with Crippen molar-refractivity contribution < 1.29 is 4.79 Å². The largest absolute Gasteiger partial charge is 0.350 e. The first-order valence-corrected chi connectivity index (χ1v) is 7.21. The average molecular weight is 283 g/mol. The third-order valence-corrected chi connectivity index (χ3v) is 4.20. The molecule has 6 nitrogen and oxygen atoms in total. The van der Waals surface area contributed by atoms with E-state index in [1.165, 1.54) is 12.6 Å². The molecule has 1 saturated carbocycles. The summed E-state index contributed by atoms with van der Waals surface area (Å²) in [5, 5.41) is 16.4. The van der Waals surface area contributed by atoms with Crippen LogP contribution in [0.15, 0.2) is 24.8 Å². The van der Waals surface area contributed by atoms with Crippen molar-refractivity contribution >= 4 is 11.4 Å². The highest BCUT2D eigenvalue weighted by molar-refractivity contribution is 6.00. The minimum atomic E-state index is -0.408. The van der Waals surface area contributed by atoms with Crippen molar-refractivity contribution in [1.82, 2.24) is 19.9 Å². The van der Waals surface area contributed by atoms with Gasteiger partial charge >= 0.3 is 0 Å². The molecule has 1 N–H and O–H groups in total. The molecule has 1 amide bonds. The summed E-state index contributed by atoms with van der Waals surface area (Å²) in [5.41, 5.74) is 0.756. The van der Waals surface area contributed by atoms with Crippen molar-refractivity contribution in [3.05, 3.63) is 30.4 Å². The first-order valence-electron chi connectivity index (χ1n) is 7.21. The Morgan fingerprint density at radius 2 is 2.19 bits per heavy atom. The van der Waals surface area contributed by atoms with E-state index in [2.05, 4.69) is 21.5 Å². The molecule has 108 valence electrons. The van der Waals surface area contributed by atoms with Gasteiger partial charge in [0.15, 0.2) is 0 Å². The smallest absolute Gasteiger partial charge is 0.255 e. The molecule has 0 saturated heterocycles. The summed E-state index contributed by atoms with van der Waals surface area (Å²) < 4.78 is 1.61. The van der Waals surface area contributed by atoms with Gasteiger partial charge in [0.1, 0.15) is 0 Å². The number of fused-ring (bicyclic) bond motifs is 1. The average Bonchev–Trinajstić information content (AvgIpc) is 2.98. The molecule has 1 aliphatic carbocycles. The Labute approximate surface area is 122 Å². The van der Waals surface area contributed by atoms with Gasteiger partial charge in [0, 0.05) is 18.9 Å². The van der Waals surface area contributed by atoms with Gasteiger partial charge in [-0.1, -0.05) is 19.3 Å². The fraction of sp³-hybridized carbons (Fsp3) is 0.467. The van der Waals surface area contributed by atoms with E-state index >= 15 is 0 Å². The van der Waals surface area contributed by atoms with Crippen molar-refractivity contribution in [3.8, 4) is 6.07 Å². The zero-order chi connectivity index (χ0) is 14.7. The zero-order valence-corrected chi connectivity index (χ0v) is 11.7. The van der Waals surface area contributed by atoms with Crippen LogP contribution in [0.2, 0.25) is 0 Å². The van der Waals surface area contributed by atoms with Crippen LogP contribution >= 0.6 is 0 Å². The number of hydrogen-bond donors (Lipinski definition) is 1. The standard InChI is InChI=1S/C15H17N5O/c16-10-15(4-2-1-3-5-15)11-18-14(21)12-8-19-20-7-6-17-9-13(12)20/h6-9H,1-5,11H2,(H,18,21). The van der Waals surface area contributed by atoms with Crippen molar-refractivity contribution in [3.63, 3.8) is 0 Å². The molecule has 0 spiro atoms. The second-order valence-electron chi connectivity index (χ2n) is 5.60. The maximum Gasteiger partial charge on any atom is 0.255 e. The van der Waals surface area contributed by atoms with Gasteiger partial charge < -0.3 is 5.32 Å². The van der Waals surface area contributed by atoms with Gasteiger partial charge in [-0.2, -0.15) is 10.4 Å². The van der Waals surface area contributed by atoms with Gasteiger partial charge in [-0.3, -0.25) is 9.78 Å². The lowest BCUT2D eigenvalue weighted by Gasteiger charge is -2.30. The highest BCUT2D eigenvalue weighted by Crippen LogP contribution is 2.35. The Balaban J connectivity index is 1.73. The maximum absolute atomic E-state index is 12.3. The lowest BCUT2D eigenvalue weighted by Crippen LogP contribution is -2.38. The minimum Gasteiger partial charge on any atom is -0.350 e. The number of carbonyl (C=O) groups is 1. The number of amides is 1. The minimum absolute atomic E-state index is 0.196. The maximum atomic E-state index is 12.3. The molecule has 2 aromatic heterocycles. The Bertz CT molecular complexity index is 693. The summed E-state index contributed by atoms with van der Waals surface area (Å²) in [6.45, 7) is 0.403. The molecule has 6 heteroatoms. The van der Waals surface area contributed by atoms with E-state index in [-0.39, 0.29) is 5.91 Å². The number of nitriles is 1. The van der Waals surface area contributed by atoms with Gasteiger partial charge in [-0.05, 0) is 12.8 Å². The Hall–Kier alpha value is -2.42. The summed E-state index contributed by atoms with van der Waals surface area (Å²) in [6, 6.07) is 2.41. The lowest BCUT2D eigenvalue weighted by molar-refractivity contribution is 0.0933. The molecular formula is C15H17N5O. The monoisotopic (exact) mass is 283 g/mol. The van der Waals surface area contributed by atoms with Gasteiger partial charge in [0.2, 0.25) is 0 Å². The van der Waals surface area contributed by atoms with Crippen LogP contribution in [-0.2, 0) is 0 Å². The van der Waals surface area contributed by atoms with Crippen LogP contribution in [-0.4, -0.2) is 27.0 Å². The number of aromatic nitrogens is 3. The topological polar surface area (TPSA) is 83.1 Å². The normalized spacial score (nSPS) is 17.3. The Morgan fingerprint density at radius 1 is 1.38 bits per heavy atom. The van der Waals surface area contributed by atoms with Crippen molar-refractivity contribution in [1.29, 1.82) is 5.26 Å². The molecular weight excluding hydrogens is 266 g/mol. The van der Waals surface area contributed by atoms with E-state index in [1.807, 2.05) is 0 Å². The van der Waals surface area contributed by atoms with Crippen LogP contribution in [0.25, 0.3) is 5.52 Å². The van der Waals surface area contributed by atoms with E-state index in [4.69, 9.17) is 0 Å². The fourth-order valence-corrected chi connectivity index (χ4v) is 2.91. The van der Waals surface area contributed by atoms with Crippen LogP contribution < -0.4 is 5.32 Å². The summed E-state index contributed by atoms with van der Waals surface area (Å²) in [4.78, 5) is 16.3. The van der Waals surface area contributed by atoms with E-state index in [9.17, 15) is 10.1 Å². The molecule has 0 bridgehead atoms. The van der Waals surface area contributed by atoms with E-state index in [0.29, 0.717) is 17.6 Å². The second kappa shape index (κ2) is 5.52. The predicted octanol–water partition coefficient (Wildman–Crippen LogP) is 1.93. The summed E-state index contributed by atoms with van der Waals surface area (Å²) >= 11 is 0. The number of nitrogens with zero attached hydrogens (tertiary/aromatic N) is 4. The second-order valence-corrected chi connectivity index (χ2v) is 5.60. The number of nitrogens with one attached hydrogen (secondary N) is 1. The van der Waals surface area contributed by atoms with E-state index in [1.54, 1.807) is 23.1 Å². The third kappa shape index (κ3) is 2.59. The number of rotatable bonds is 3. The summed E-state index contributed by atoms with van der Waals surface area (Å²) in [7, 11) is 0. The first-order chi connectivity index (χ1) is 10.2. The Morgan fingerprint density at radius 3 is 2.95 bits per heavy atom. The molecule has 3 rings (SSSR count).